The Morgan fingerprint density at radius 1 is 1.03 bits per heavy atom. The quantitative estimate of drug-likeness (QED) is 0.528. The van der Waals surface area contributed by atoms with E-state index in [0.29, 0.717) is 70.0 Å². The standard InChI is InChI=1S/C20H34N6O4/c1-14(2)17-12-29-19(21-17)26(20-22-18(13-30-20)15(3)4)11-16-10-25(24-23-16)6-7-28-9-8-27-5/h10,14-15,17-18H,6-9,11-13H2,1-5H3/t17-,18-/m1/s1. The van der Waals surface area contributed by atoms with Gasteiger partial charge in [0.05, 0.1) is 51.2 Å². The van der Waals surface area contributed by atoms with Gasteiger partial charge in [-0.1, -0.05) is 32.9 Å². The van der Waals surface area contributed by atoms with Gasteiger partial charge in [-0.15, -0.1) is 5.10 Å². The predicted molar refractivity (Wildman–Crippen MR) is 112 cm³/mol. The molecule has 2 aliphatic heterocycles. The first-order chi connectivity index (χ1) is 14.5. The second-order valence-corrected chi connectivity index (χ2v) is 8.23. The summed E-state index contributed by atoms with van der Waals surface area (Å²) in [6.07, 6.45) is 1.90. The van der Waals surface area contributed by atoms with Crippen molar-refractivity contribution in [2.24, 2.45) is 21.8 Å². The molecule has 0 radical (unpaired) electrons. The third-order valence-corrected chi connectivity index (χ3v) is 5.12. The zero-order valence-electron chi connectivity index (χ0n) is 18.7. The lowest BCUT2D eigenvalue weighted by Gasteiger charge is -2.20. The molecule has 2 aliphatic rings. The zero-order valence-corrected chi connectivity index (χ0v) is 18.7. The molecule has 10 heteroatoms. The first kappa shape index (κ1) is 22.5. The second kappa shape index (κ2) is 10.7. The van der Waals surface area contributed by atoms with Gasteiger partial charge in [0.1, 0.15) is 18.9 Å². The average Bonchev–Trinajstić information content (AvgIpc) is 3.46. The monoisotopic (exact) mass is 422 g/mol. The van der Waals surface area contributed by atoms with Gasteiger partial charge in [0.15, 0.2) is 0 Å². The molecular formula is C20H34N6O4. The van der Waals surface area contributed by atoms with Gasteiger partial charge in [0.25, 0.3) is 12.0 Å². The van der Waals surface area contributed by atoms with Crippen molar-refractivity contribution >= 4 is 12.0 Å². The molecule has 0 saturated heterocycles. The lowest BCUT2D eigenvalue weighted by Crippen LogP contribution is -2.37. The molecule has 0 saturated carbocycles. The van der Waals surface area contributed by atoms with Crippen LogP contribution < -0.4 is 0 Å². The summed E-state index contributed by atoms with van der Waals surface area (Å²) in [6, 6.07) is 1.33. The van der Waals surface area contributed by atoms with Crippen LogP contribution in [0.15, 0.2) is 16.2 Å². The molecule has 0 bridgehead atoms. The average molecular weight is 423 g/mol. The molecule has 10 nitrogen and oxygen atoms in total. The molecule has 168 valence electrons. The first-order valence-electron chi connectivity index (χ1n) is 10.6. The molecule has 0 amide bonds. The number of amidine groups is 2. The Hall–Kier alpha value is -2.20. The Kier molecular flexibility index (Phi) is 8.03. The normalized spacial score (nSPS) is 21.0. The second-order valence-electron chi connectivity index (χ2n) is 8.23. The molecule has 2 atom stereocenters. The fourth-order valence-electron chi connectivity index (χ4n) is 3.03. The van der Waals surface area contributed by atoms with Gasteiger partial charge in [-0.2, -0.15) is 0 Å². The summed E-state index contributed by atoms with van der Waals surface area (Å²) < 4.78 is 24.0. The summed E-state index contributed by atoms with van der Waals surface area (Å²) in [7, 11) is 1.66. The van der Waals surface area contributed by atoms with E-state index in [1.165, 1.54) is 0 Å². The van der Waals surface area contributed by atoms with E-state index in [9.17, 15) is 0 Å². The summed E-state index contributed by atoms with van der Waals surface area (Å²) in [5.41, 5.74) is 0.783. The van der Waals surface area contributed by atoms with E-state index in [2.05, 4.69) is 38.0 Å². The highest BCUT2D eigenvalue weighted by Gasteiger charge is 2.33. The van der Waals surface area contributed by atoms with Crippen LogP contribution >= 0.6 is 0 Å². The van der Waals surface area contributed by atoms with Crippen LogP contribution in [-0.4, -0.2) is 84.2 Å². The van der Waals surface area contributed by atoms with Gasteiger partial charge in [-0.05, 0) is 11.8 Å². The smallest absolute Gasteiger partial charge is 0.296 e. The lowest BCUT2D eigenvalue weighted by atomic mass is 10.1. The highest BCUT2D eigenvalue weighted by atomic mass is 16.5. The predicted octanol–water partition coefficient (Wildman–Crippen LogP) is 1.56. The summed E-state index contributed by atoms with van der Waals surface area (Å²) in [5.74, 6) is 0.802. The van der Waals surface area contributed by atoms with Crippen LogP contribution in [0.4, 0.5) is 0 Å². The topological polar surface area (TPSA) is 95.6 Å². The molecule has 0 spiro atoms. The largest absolute Gasteiger partial charge is 0.463 e. The van der Waals surface area contributed by atoms with Crippen LogP contribution in [0.1, 0.15) is 33.4 Å². The van der Waals surface area contributed by atoms with Crippen molar-refractivity contribution in [3.05, 3.63) is 11.9 Å². The molecule has 3 rings (SSSR count). The minimum Gasteiger partial charge on any atom is -0.463 e. The molecule has 1 aromatic rings. The van der Waals surface area contributed by atoms with Crippen LogP contribution in [0.3, 0.4) is 0 Å². The maximum absolute atomic E-state index is 5.91. The van der Waals surface area contributed by atoms with Gasteiger partial charge >= 0.3 is 0 Å². The Bertz CT molecular complexity index is 699. The Morgan fingerprint density at radius 2 is 1.67 bits per heavy atom. The van der Waals surface area contributed by atoms with Crippen LogP contribution in [0.2, 0.25) is 0 Å². The van der Waals surface area contributed by atoms with E-state index in [-0.39, 0.29) is 12.1 Å². The third kappa shape index (κ3) is 5.91. The molecular weight excluding hydrogens is 388 g/mol. The molecule has 3 heterocycles. The van der Waals surface area contributed by atoms with Crippen molar-refractivity contribution < 1.29 is 18.9 Å². The highest BCUT2D eigenvalue weighted by molar-refractivity contribution is 5.94. The van der Waals surface area contributed by atoms with Crippen molar-refractivity contribution in [2.75, 3.05) is 40.1 Å². The van der Waals surface area contributed by atoms with Gasteiger partial charge < -0.3 is 18.9 Å². The summed E-state index contributed by atoms with van der Waals surface area (Å²) >= 11 is 0. The molecule has 0 aliphatic carbocycles. The first-order valence-corrected chi connectivity index (χ1v) is 10.6. The van der Waals surface area contributed by atoms with Gasteiger partial charge in [-0.25, -0.2) is 19.6 Å². The van der Waals surface area contributed by atoms with Gasteiger partial charge in [-0.3, -0.25) is 0 Å². The molecule has 1 aromatic heterocycles. The lowest BCUT2D eigenvalue weighted by molar-refractivity contribution is 0.0652. The van der Waals surface area contributed by atoms with E-state index in [4.69, 9.17) is 28.9 Å². The third-order valence-electron chi connectivity index (χ3n) is 5.12. The summed E-state index contributed by atoms with van der Waals surface area (Å²) in [4.78, 5) is 11.4. The summed E-state index contributed by atoms with van der Waals surface area (Å²) in [5, 5.41) is 8.49. The van der Waals surface area contributed by atoms with Crippen LogP contribution in [0.5, 0.6) is 0 Å². The van der Waals surface area contributed by atoms with Crippen LogP contribution in [0.25, 0.3) is 0 Å². The van der Waals surface area contributed by atoms with Crippen molar-refractivity contribution in [3.63, 3.8) is 0 Å². The number of nitrogens with zero attached hydrogens (tertiary/aromatic N) is 6. The van der Waals surface area contributed by atoms with E-state index in [1.807, 2.05) is 11.1 Å². The molecule has 0 N–H and O–H groups in total. The number of rotatable bonds is 10. The SMILES string of the molecule is COCCOCCn1cc(CN(C2=N[C@@H](C(C)C)CO2)C2=N[C@@H](C(C)C)CO2)nn1. The number of ether oxygens (including phenoxy) is 4. The van der Waals surface area contributed by atoms with Crippen LogP contribution in [-0.2, 0) is 32.0 Å². The maximum Gasteiger partial charge on any atom is 0.296 e. The number of aliphatic imine (C=N–C) groups is 2. The molecule has 30 heavy (non-hydrogen) atoms. The number of methoxy groups -OCH3 is 1. The molecule has 0 fully saturated rings. The van der Waals surface area contributed by atoms with Gasteiger partial charge in [0, 0.05) is 7.11 Å². The van der Waals surface area contributed by atoms with Crippen molar-refractivity contribution in [1.82, 2.24) is 19.9 Å². The van der Waals surface area contributed by atoms with Crippen molar-refractivity contribution in [2.45, 2.75) is 52.9 Å². The number of hydrogen-bond donors (Lipinski definition) is 0. The summed E-state index contributed by atoms with van der Waals surface area (Å²) in [6.45, 7) is 12.4. The van der Waals surface area contributed by atoms with E-state index >= 15 is 0 Å². The number of aromatic nitrogens is 3. The maximum atomic E-state index is 5.91. The number of hydrogen-bond acceptors (Lipinski definition) is 9. The molecule has 0 unspecified atom stereocenters. The highest BCUT2D eigenvalue weighted by Crippen LogP contribution is 2.21. The fraction of sp³-hybridized carbons (Fsp3) is 0.800. The molecule has 0 aromatic carbocycles. The Labute approximate surface area is 178 Å². The van der Waals surface area contributed by atoms with E-state index < -0.39 is 0 Å². The van der Waals surface area contributed by atoms with Crippen molar-refractivity contribution in [3.8, 4) is 0 Å². The van der Waals surface area contributed by atoms with Crippen molar-refractivity contribution in [1.29, 1.82) is 0 Å². The van der Waals surface area contributed by atoms with Gasteiger partial charge in [0.2, 0.25) is 0 Å². The minimum atomic E-state index is 0.130. The Balaban J connectivity index is 1.68. The van der Waals surface area contributed by atoms with E-state index in [0.717, 1.165) is 5.69 Å². The van der Waals surface area contributed by atoms with Crippen LogP contribution in [0, 0.1) is 11.8 Å². The van der Waals surface area contributed by atoms with E-state index in [1.54, 1.807) is 11.8 Å². The fourth-order valence-corrected chi connectivity index (χ4v) is 3.03. The minimum absolute atomic E-state index is 0.130. The zero-order chi connectivity index (χ0) is 21.5. The Morgan fingerprint density at radius 3 is 2.20 bits per heavy atom.